The standard InChI is InChI=1S/C16H18ClN5O/c1-10-8-19-22(9-10)11(2)16(23)18-6-5-15-20-13-4-3-12(17)7-14(13)21-15/h3-4,7-9,11H,5-6H2,1-2H3,(H,18,23)(H,20,21)/t11-/m0/s1. The van der Waals surface area contributed by atoms with Gasteiger partial charge < -0.3 is 10.3 Å². The Balaban J connectivity index is 1.56. The summed E-state index contributed by atoms with van der Waals surface area (Å²) < 4.78 is 1.66. The summed E-state index contributed by atoms with van der Waals surface area (Å²) in [5.41, 5.74) is 2.81. The molecule has 2 heterocycles. The van der Waals surface area contributed by atoms with Crippen LogP contribution in [0.4, 0.5) is 0 Å². The molecule has 7 heteroatoms. The molecule has 0 aliphatic heterocycles. The Morgan fingerprint density at radius 2 is 2.30 bits per heavy atom. The number of carbonyl (C=O) groups is 1. The van der Waals surface area contributed by atoms with Crippen molar-refractivity contribution in [3.63, 3.8) is 0 Å². The highest BCUT2D eigenvalue weighted by atomic mass is 35.5. The fourth-order valence-electron chi connectivity index (χ4n) is 2.37. The Morgan fingerprint density at radius 3 is 3.04 bits per heavy atom. The molecule has 3 rings (SSSR count). The summed E-state index contributed by atoms with van der Waals surface area (Å²) in [6.07, 6.45) is 4.22. The minimum atomic E-state index is -0.335. The zero-order valence-electron chi connectivity index (χ0n) is 13.0. The Morgan fingerprint density at radius 1 is 1.48 bits per heavy atom. The third-order valence-corrected chi connectivity index (χ3v) is 3.90. The highest BCUT2D eigenvalue weighted by molar-refractivity contribution is 6.31. The Bertz CT molecular complexity index is 838. The van der Waals surface area contributed by atoms with Gasteiger partial charge in [-0.3, -0.25) is 9.48 Å². The van der Waals surface area contributed by atoms with E-state index in [1.165, 1.54) is 0 Å². The predicted octanol–water partition coefficient (Wildman–Crippen LogP) is 2.64. The second-order valence-corrected chi connectivity index (χ2v) is 6.00. The number of aryl methyl sites for hydroxylation is 1. The first kappa shape index (κ1) is 15.6. The molecule has 0 aliphatic carbocycles. The Kier molecular flexibility index (Phi) is 4.34. The maximum Gasteiger partial charge on any atom is 0.244 e. The lowest BCUT2D eigenvalue weighted by molar-refractivity contribution is -0.124. The zero-order valence-corrected chi connectivity index (χ0v) is 13.8. The summed E-state index contributed by atoms with van der Waals surface area (Å²) in [5.74, 6) is 0.761. The topological polar surface area (TPSA) is 75.6 Å². The summed E-state index contributed by atoms with van der Waals surface area (Å²) in [6.45, 7) is 4.28. The van der Waals surface area contributed by atoms with Crippen molar-refractivity contribution in [3.05, 3.63) is 47.0 Å². The summed E-state index contributed by atoms with van der Waals surface area (Å²) in [4.78, 5) is 19.8. The monoisotopic (exact) mass is 331 g/mol. The van der Waals surface area contributed by atoms with Gasteiger partial charge in [-0.25, -0.2) is 4.98 Å². The second-order valence-electron chi connectivity index (χ2n) is 5.56. The molecular weight excluding hydrogens is 314 g/mol. The molecule has 6 nitrogen and oxygen atoms in total. The van der Waals surface area contributed by atoms with Gasteiger partial charge in [0.1, 0.15) is 11.9 Å². The number of imidazole rings is 1. The smallest absolute Gasteiger partial charge is 0.244 e. The fraction of sp³-hybridized carbons (Fsp3) is 0.312. The number of rotatable bonds is 5. The molecule has 0 radical (unpaired) electrons. The number of fused-ring (bicyclic) bond motifs is 1. The van der Waals surface area contributed by atoms with Gasteiger partial charge in [-0.1, -0.05) is 11.6 Å². The van der Waals surface area contributed by atoms with Gasteiger partial charge >= 0.3 is 0 Å². The number of halogens is 1. The molecule has 1 amide bonds. The third kappa shape index (κ3) is 3.53. The molecule has 3 aromatic rings. The zero-order chi connectivity index (χ0) is 16.4. The van der Waals surface area contributed by atoms with Crippen molar-refractivity contribution >= 4 is 28.5 Å². The van der Waals surface area contributed by atoms with Gasteiger partial charge in [0.25, 0.3) is 0 Å². The number of H-pyrrole nitrogens is 1. The molecule has 0 bridgehead atoms. The van der Waals surface area contributed by atoms with Crippen molar-refractivity contribution in [3.8, 4) is 0 Å². The van der Waals surface area contributed by atoms with Crippen LogP contribution < -0.4 is 5.32 Å². The molecule has 0 saturated heterocycles. The van der Waals surface area contributed by atoms with Gasteiger partial charge in [-0.15, -0.1) is 0 Å². The lowest BCUT2D eigenvalue weighted by atomic mass is 10.3. The van der Waals surface area contributed by atoms with Crippen LogP contribution >= 0.6 is 11.6 Å². The van der Waals surface area contributed by atoms with Crippen LogP contribution in [0.3, 0.4) is 0 Å². The highest BCUT2D eigenvalue weighted by Crippen LogP contribution is 2.17. The summed E-state index contributed by atoms with van der Waals surface area (Å²) in [7, 11) is 0. The number of hydrogen-bond donors (Lipinski definition) is 2. The summed E-state index contributed by atoms with van der Waals surface area (Å²) >= 11 is 5.96. The Hall–Kier alpha value is -2.34. The first-order valence-corrected chi connectivity index (χ1v) is 7.83. The number of carbonyl (C=O) groups excluding carboxylic acids is 1. The van der Waals surface area contributed by atoms with Crippen LogP contribution in [-0.2, 0) is 11.2 Å². The van der Waals surface area contributed by atoms with E-state index in [1.807, 2.05) is 38.2 Å². The van der Waals surface area contributed by atoms with E-state index < -0.39 is 0 Å². The molecule has 2 N–H and O–H groups in total. The lowest BCUT2D eigenvalue weighted by Crippen LogP contribution is -2.32. The number of aromatic amines is 1. The van der Waals surface area contributed by atoms with Gasteiger partial charge in [0.2, 0.25) is 5.91 Å². The molecule has 0 fully saturated rings. The maximum atomic E-state index is 12.1. The van der Waals surface area contributed by atoms with E-state index in [0.717, 1.165) is 22.4 Å². The van der Waals surface area contributed by atoms with Crippen molar-refractivity contribution in [2.75, 3.05) is 6.54 Å². The lowest BCUT2D eigenvalue weighted by Gasteiger charge is -2.12. The normalized spacial score (nSPS) is 12.5. The van der Waals surface area contributed by atoms with Crippen molar-refractivity contribution in [1.29, 1.82) is 0 Å². The molecule has 0 saturated carbocycles. The van der Waals surface area contributed by atoms with Gasteiger partial charge in [0.05, 0.1) is 17.2 Å². The van der Waals surface area contributed by atoms with E-state index in [1.54, 1.807) is 10.9 Å². The minimum Gasteiger partial charge on any atom is -0.354 e. The largest absolute Gasteiger partial charge is 0.354 e. The average molecular weight is 332 g/mol. The van der Waals surface area contributed by atoms with E-state index in [9.17, 15) is 4.79 Å². The maximum absolute atomic E-state index is 12.1. The minimum absolute atomic E-state index is 0.0627. The van der Waals surface area contributed by atoms with Gasteiger partial charge in [-0.05, 0) is 37.6 Å². The molecule has 2 aromatic heterocycles. The molecule has 0 aliphatic rings. The SMILES string of the molecule is Cc1cnn([C@@H](C)C(=O)NCCc2nc3ccc(Cl)cc3[nH]2)c1. The van der Waals surface area contributed by atoms with Crippen LogP contribution in [0.2, 0.25) is 5.02 Å². The number of hydrogen-bond acceptors (Lipinski definition) is 3. The van der Waals surface area contributed by atoms with Crippen LogP contribution in [0.25, 0.3) is 11.0 Å². The molecule has 1 aromatic carbocycles. The van der Waals surface area contributed by atoms with Gasteiger partial charge in [0, 0.05) is 24.2 Å². The van der Waals surface area contributed by atoms with Crippen molar-refractivity contribution in [1.82, 2.24) is 25.1 Å². The average Bonchev–Trinajstić information content (AvgIpc) is 3.11. The Labute approximate surface area is 138 Å². The third-order valence-electron chi connectivity index (χ3n) is 3.66. The van der Waals surface area contributed by atoms with Crippen LogP contribution in [-0.4, -0.2) is 32.2 Å². The predicted molar refractivity (Wildman–Crippen MR) is 89.5 cm³/mol. The van der Waals surface area contributed by atoms with E-state index in [4.69, 9.17) is 11.6 Å². The first-order chi connectivity index (χ1) is 11.0. The number of benzene rings is 1. The van der Waals surface area contributed by atoms with E-state index in [0.29, 0.717) is 18.0 Å². The molecule has 1 atom stereocenters. The van der Waals surface area contributed by atoms with E-state index >= 15 is 0 Å². The number of amides is 1. The van der Waals surface area contributed by atoms with E-state index in [-0.39, 0.29) is 11.9 Å². The van der Waals surface area contributed by atoms with E-state index in [2.05, 4.69) is 20.4 Å². The number of nitrogens with zero attached hydrogens (tertiary/aromatic N) is 3. The molecule has 0 spiro atoms. The molecule has 120 valence electrons. The van der Waals surface area contributed by atoms with Crippen molar-refractivity contribution < 1.29 is 4.79 Å². The summed E-state index contributed by atoms with van der Waals surface area (Å²) in [6, 6.07) is 5.19. The molecule has 23 heavy (non-hydrogen) atoms. The number of nitrogens with one attached hydrogen (secondary N) is 2. The van der Waals surface area contributed by atoms with Crippen molar-refractivity contribution in [2.45, 2.75) is 26.3 Å². The molecule has 0 unspecified atom stereocenters. The van der Waals surface area contributed by atoms with Gasteiger partial charge in [-0.2, -0.15) is 5.10 Å². The quantitative estimate of drug-likeness (QED) is 0.754. The summed E-state index contributed by atoms with van der Waals surface area (Å²) in [5, 5.41) is 7.74. The number of aromatic nitrogens is 4. The van der Waals surface area contributed by atoms with Crippen LogP contribution in [0, 0.1) is 6.92 Å². The fourth-order valence-corrected chi connectivity index (χ4v) is 2.54. The molecular formula is C16H18ClN5O. The highest BCUT2D eigenvalue weighted by Gasteiger charge is 2.15. The van der Waals surface area contributed by atoms with Gasteiger partial charge in [0.15, 0.2) is 0 Å². The van der Waals surface area contributed by atoms with Crippen LogP contribution in [0.15, 0.2) is 30.6 Å². The van der Waals surface area contributed by atoms with Crippen LogP contribution in [0.5, 0.6) is 0 Å². The van der Waals surface area contributed by atoms with Crippen LogP contribution in [0.1, 0.15) is 24.4 Å². The first-order valence-electron chi connectivity index (χ1n) is 7.45. The van der Waals surface area contributed by atoms with Crippen molar-refractivity contribution in [2.24, 2.45) is 0 Å². The second kappa shape index (κ2) is 6.42.